The monoisotopic (exact) mass is 164 g/mol. The van der Waals surface area contributed by atoms with Gasteiger partial charge in [0.2, 0.25) is 0 Å². The van der Waals surface area contributed by atoms with E-state index in [2.05, 4.69) is 6.58 Å². The van der Waals surface area contributed by atoms with Crippen molar-refractivity contribution >= 4 is 12.2 Å². The summed E-state index contributed by atoms with van der Waals surface area (Å²) in [6, 6.07) is 10.0. The Balaban J connectivity index is 0.000000261. The Morgan fingerprint density at radius 2 is 1.67 bits per heavy atom. The standard InChI is InChI=1S/C8H8.CH2O3/c1-2-8-6-4-3-5-7-8;2-1(3)4/h2-7H,1H2;(H2,2,3,4)/p-2. The van der Waals surface area contributed by atoms with Crippen LogP contribution in [0.1, 0.15) is 5.56 Å². The van der Waals surface area contributed by atoms with Crippen LogP contribution in [-0.2, 0) is 0 Å². The number of hydrogen-bond acceptors (Lipinski definition) is 3. The average molecular weight is 164 g/mol. The molecule has 1 rings (SSSR count). The molecule has 0 atom stereocenters. The van der Waals surface area contributed by atoms with Gasteiger partial charge in [-0.2, -0.15) is 0 Å². The normalized spacial score (nSPS) is 7.67. The van der Waals surface area contributed by atoms with Crippen molar-refractivity contribution in [2.45, 2.75) is 0 Å². The predicted octanol–water partition coefficient (Wildman–Crippen LogP) is -0.117. The molecular formula is C9H8O3-2. The molecular weight excluding hydrogens is 156 g/mol. The lowest BCUT2D eigenvalue weighted by Gasteiger charge is -1.96. The molecule has 0 bridgehead atoms. The van der Waals surface area contributed by atoms with Gasteiger partial charge in [0.05, 0.1) is 0 Å². The van der Waals surface area contributed by atoms with Gasteiger partial charge in [-0.3, -0.25) is 0 Å². The van der Waals surface area contributed by atoms with Gasteiger partial charge in [-0.15, -0.1) is 0 Å². The summed E-state index contributed by atoms with van der Waals surface area (Å²) in [5, 5.41) is 16.7. The highest BCUT2D eigenvalue weighted by molar-refractivity contribution is 5.47. The minimum atomic E-state index is -2.33. The summed E-state index contributed by atoms with van der Waals surface area (Å²) >= 11 is 0. The second-order valence-corrected chi connectivity index (χ2v) is 1.86. The fourth-order valence-corrected chi connectivity index (χ4v) is 0.589. The molecule has 12 heavy (non-hydrogen) atoms. The van der Waals surface area contributed by atoms with Crippen LogP contribution < -0.4 is 10.2 Å². The minimum absolute atomic E-state index is 1.17. The van der Waals surface area contributed by atoms with Gasteiger partial charge < -0.3 is 15.0 Å². The Hall–Kier alpha value is -1.77. The summed E-state index contributed by atoms with van der Waals surface area (Å²) in [5.74, 6) is 0. The van der Waals surface area contributed by atoms with Crippen LogP contribution in [0.2, 0.25) is 0 Å². The zero-order valence-corrected chi connectivity index (χ0v) is 6.40. The summed E-state index contributed by atoms with van der Waals surface area (Å²) in [6.07, 6.45) is -0.500. The quantitative estimate of drug-likeness (QED) is 0.581. The molecule has 0 amide bonds. The molecule has 0 saturated heterocycles. The third kappa shape index (κ3) is 6.35. The van der Waals surface area contributed by atoms with Gasteiger partial charge in [-0.05, 0) is 11.7 Å². The van der Waals surface area contributed by atoms with Crippen molar-refractivity contribution in [2.75, 3.05) is 0 Å². The molecule has 0 aliphatic heterocycles. The van der Waals surface area contributed by atoms with Gasteiger partial charge in [-0.1, -0.05) is 43.0 Å². The maximum Gasteiger partial charge on any atom is -0.0263 e. The van der Waals surface area contributed by atoms with E-state index in [1.807, 2.05) is 36.4 Å². The summed E-state index contributed by atoms with van der Waals surface area (Å²) < 4.78 is 0. The molecule has 0 saturated carbocycles. The van der Waals surface area contributed by atoms with Crippen LogP contribution in [0.5, 0.6) is 0 Å². The molecule has 0 fully saturated rings. The van der Waals surface area contributed by atoms with Gasteiger partial charge in [0.25, 0.3) is 0 Å². The van der Waals surface area contributed by atoms with Crippen LogP contribution in [0.4, 0.5) is 4.79 Å². The topological polar surface area (TPSA) is 63.2 Å². The van der Waals surface area contributed by atoms with Crippen molar-refractivity contribution < 1.29 is 15.0 Å². The molecule has 0 aromatic heterocycles. The van der Waals surface area contributed by atoms with Crippen molar-refractivity contribution in [3.8, 4) is 0 Å². The molecule has 0 aliphatic carbocycles. The van der Waals surface area contributed by atoms with Crippen molar-refractivity contribution in [1.29, 1.82) is 0 Å². The van der Waals surface area contributed by atoms with Crippen LogP contribution in [0.25, 0.3) is 6.08 Å². The first-order valence-corrected chi connectivity index (χ1v) is 3.22. The van der Waals surface area contributed by atoms with E-state index in [1.54, 1.807) is 0 Å². The van der Waals surface area contributed by atoms with E-state index in [0.29, 0.717) is 0 Å². The third-order valence-electron chi connectivity index (χ3n) is 1.04. The van der Waals surface area contributed by atoms with Crippen molar-refractivity contribution in [3.05, 3.63) is 42.5 Å². The van der Waals surface area contributed by atoms with Crippen molar-refractivity contribution in [3.63, 3.8) is 0 Å². The molecule has 1 aromatic rings. The largest absolute Gasteiger partial charge is 0.652 e. The lowest BCUT2D eigenvalue weighted by molar-refractivity contribution is -0.415. The first-order chi connectivity index (χ1) is 5.66. The van der Waals surface area contributed by atoms with E-state index in [9.17, 15) is 0 Å². The molecule has 0 radical (unpaired) electrons. The van der Waals surface area contributed by atoms with Crippen LogP contribution in [0.15, 0.2) is 36.9 Å². The van der Waals surface area contributed by atoms with Gasteiger partial charge in [0.1, 0.15) is 0 Å². The molecule has 0 heterocycles. The molecule has 0 spiro atoms. The SMILES string of the molecule is C=Cc1ccccc1.O=C([O-])[O-]. The molecule has 0 N–H and O–H groups in total. The number of rotatable bonds is 1. The Morgan fingerprint density at radius 3 is 1.92 bits per heavy atom. The summed E-state index contributed by atoms with van der Waals surface area (Å²) in [7, 11) is 0. The van der Waals surface area contributed by atoms with E-state index in [0.717, 1.165) is 0 Å². The van der Waals surface area contributed by atoms with Gasteiger partial charge >= 0.3 is 0 Å². The highest BCUT2D eigenvalue weighted by Gasteiger charge is 1.75. The summed E-state index contributed by atoms with van der Waals surface area (Å²) in [5.41, 5.74) is 1.17. The summed E-state index contributed by atoms with van der Waals surface area (Å²) in [6.45, 7) is 3.63. The highest BCUT2D eigenvalue weighted by atomic mass is 16.6. The van der Waals surface area contributed by atoms with Gasteiger partial charge in [-0.25, -0.2) is 0 Å². The Bertz CT molecular complexity index is 237. The van der Waals surface area contributed by atoms with E-state index in [-0.39, 0.29) is 0 Å². The van der Waals surface area contributed by atoms with E-state index >= 15 is 0 Å². The maximum absolute atomic E-state index is 8.33. The Morgan fingerprint density at radius 1 is 1.25 bits per heavy atom. The highest BCUT2D eigenvalue weighted by Crippen LogP contribution is 1.97. The van der Waals surface area contributed by atoms with Crippen LogP contribution in [0, 0.1) is 0 Å². The Labute approximate surface area is 70.6 Å². The minimum Gasteiger partial charge on any atom is -0.652 e. The fraction of sp³-hybridized carbons (Fsp3) is 0. The van der Waals surface area contributed by atoms with Gasteiger partial charge in [0, 0.05) is 0 Å². The van der Waals surface area contributed by atoms with Crippen LogP contribution in [0.3, 0.4) is 0 Å². The first-order valence-electron chi connectivity index (χ1n) is 3.22. The van der Waals surface area contributed by atoms with Crippen LogP contribution in [-0.4, -0.2) is 6.16 Å². The second-order valence-electron chi connectivity index (χ2n) is 1.86. The Kier molecular flexibility index (Phi) is 5.09. The van der Waals surface area contributed by atoms with E-state index in [1.165, 1.54) is 5.56 Å². The molecule has 0 unspecified atom stereocenters. The van der Waals surface area contributed by atoms with E-state index in [4.69, 9.17) is 15.0 Å². The van der Waals surface area contributed by atoms with Gasteiger partial charge in [0.15, 0.2) is 0 Å². The zero-order valence-electron chi connectivity index (χ0n) is 6.40. The number of carboxylic acid groups (broad SMARTS) is 2. The molecule has 64 valence electrons. The lowest BCUT2D eigenvalue weighted by Crippen LogP contribution is -2.37. The van der Waals surface area contributed by atoms with Crippen LogP contribution >= 0.6 is 0 Å². The molecule has 3 nitrogen and oxygen atoms in total. The van der Waals surface area contributed by atoms with Crippen molar-refractivity contribution in [2.24, 2.45) is 0 Å². The second kappa shape index (κ2) is 5.97. The predicted molar refractivity (Wildman–Crippen MR) is 41.9 cm³/mol. The lowest BCUT2D eigenvalue weighted by atomic mass is 10.2. The molecule has 3 heteroatoms. The summed E-state index contributed by atoms with van der Waals surface area (Å²) in [4.78, 5) is 8.33. The number of hydrogen-bond donors (Lipinski definition) is 0. The zero-order chi connectivity index (χ0) is 9.40. The number of carbonyl (C=O) groups is 1. The van der Waals surface area contributed by atoms with Crippen molar-refractivity contribution in [1.82, 2.24) is 0 Å². The van der Waals surface area contributed by atoms with E-state index < -0.39 is 6.16 Å². The third-order valence-corrected chi connectivity index (χ3v) is 1.04. The maximum atomic E-state index is 8.33. The molecule has 0 aliphatic rings. The first kappa shape index (κ1) is 10.2. The average Bonchev–Trinajstić information content (AvgIpc) is 2.05. The number of carbonyl (C=O) groups excluding carboxylic acids is 1. The molecule has 1 aromatic carbocycles. The smallest absolute Gasteiger partial charge is 0.0263 e. The fourth-order valence-electron chi connectivity index (χ4n) is 0.589. The number of benzene rings is 1.